The van der Waals surface area contributed by atoms with E-state index in [2.05, 4.69) is 38.1 Å². The van der Waals surface area contributed by atoms with Crippen LogP contribution in [0.4, 0.5) is 10.1 Å². The van der Waals surface area contributed by atoms with E-state index < -0.39 is 35.6 Å². The number of aryl methyl sites for hydroxylation is 1. The Morgan fingerprint density at radius 1 is 1.07 bits per heavy atom. The number of anilines is 1. The molecule has 13 heteroatoms. The van der Waals surface area contributed by atoms with Crippen LogP contribution in [0.2, 0.25) is 0 Å². The fraction of sp³-hybridized carbons (Fsp3) is 0.625. The molecule has 4 rings (SSSR count). The van der Waals surface area contributed by atoms with Gasteiger partial charge in [-0.05, 0) is 67.9 Å². The highest BCUT2D eigenvalue weighted by Crippen LogP contribution is 2.32. The maximum absolute atomic E-state index is 15.6. The lowest BCUT2D eigenvalue weighted by Crippen LogP contribution is -2.57. The van der Waals surface area contributed by atoms with Gasteiger partial charge in [0, 0.05) is 38.5 Å². The van der Waals surface area contributed by atoms with Crippen LogP contribution in [0.1, 0.15) is 88.0 Å². The van der Waals surface area contributed by atoms with Crippen molar-refractivity contribution in [1.82, 2.24) is 30.7 Å². The maximum Gasteiger partial charge on any atom is 0.276 e. The molecule has 12 nitrogen and oxygen atoms in total. The molecule has 1 saturated heterocycles. The number of nitrogens with one attached hydrogen (secondary N) is 3. The van der Waals surface area contributed by atoms with Crippen LogP contribution < -0.4 is 16.0 Å². The number of aromatic nitrogens is 2. The van der Waals surface area contributed by atoms with Gasteiger partial charge in [-0.25, -0.2) is 9.02 Å². The molecular weight excluding hydrogens is 581 g/mol. The summed E-state index contributed by atoms with van der Waals surface area (Å²) in [5.41, 5.74) is 0.861. The Hall–Kier alpha value is -3.87. The van der Waals surface area contributed by atoms with Crippen molar-refractivity contribution >= 4 is 29.3 Å². The first-order valence-corrected chi connectivity index (χ1v) is 15.9. The quantitative estimate of drug-likeness (QED) is 0.364. The molecule has 3 N–H and O–H groups in total. The number of rotatable bonds is 10. The van der Waals surface area contributed by atoms with Crippen LogP contribution in [0.5, 0.6) is 0 Å². The molecule has 2 aromatic rings. The molecule has 4 amide bonds. The van der Waals surface area contributed by atoms with Gasteiger partial charge >= 0.3 is 0 Å². The molecule has 246 valence electrons. The third-order valence-corrected chi connectivity index (χ3v) is 9.38. The number of carbonyl (C=O) groups is 4. The summed E-state index contributed by atoms with van der Waals surface area (Å²) in [6.45, 7) is 10.9. The predicted molar refractivity (Wildman–Crippen MR) is 166 cm³/mol. The van der Waals surface area contributed by atoms with E-state index in [9.17, 15) is 19.2 Å². The third-order valence-electron chi connectivity index (χ3n) is 9.38. The lowest BCUT2D eigenvalue weighted by molar-refractivity contribution is -0.138. The minimum atomic E-state index is -0.919. The molecule has 45 heavy (non-hydrogen) atoms. The molecule has 1 aromatic carbocycles. The first-order chi connectivity index (χ1) is 21.4. The van der Waals surface area contributed by atoms with Gasteiger partial charge in [-0.1, -0.05) is 44.8 Å². The van der Waals surface area contributed by atoms with Crippen molar-refractivity contribution in [2.24, 2.45) is 11.8 Å². The van der Waals surface area contributed by atoms with E-state index in [4.69, 9.17) is 4.63 Å². The van der Waals surface area contributed by atoms with Gasteiger partial charge in [0.15, 0.2) is 5.69 Å². The summed E-state index contributed by atoms with van der Waals surface area (Å²) in [7, 11) is 2.01. The smallest absolute Gasteiger partial charge is 0.276 e. The van der Waals surface area contributed by atoms with Gasteiger partial charge in [-0.15, -0.1) is 0 Å². The maximum atomic E-state index is 15.6. The molecule has 1 aliphatic carbocycles. The van der Waals surface area contributed by atoms with E-state index >= 15 is 4.39 Å². The van der Waals surface area contributed by atoms with Gasteiger partial charge in [0.25, 0.3) is 5.91 Å². The van der Waals surface area contributed by atoms with Gasteiger partial charge in [-0.3, -0.25) is 19.2 Å². The van der Waals surface area contributed by atoms with Gasteiger partial charge in [-0.2, -0.15) is 0 Å². The molecule has 2 fully saturated rings. The van der Waals surface area contributed by atoms with Crippen molar-refractivity contribution in [2.45, 2.75) is 90.8 Å². The lowest BCUT2D eigenvalue weighted by Gasteiger charge is -2.40. The standard InChI is InChI=1S/C32H46FN7O5/c1-7-25-29(38-45-37-25)31(43)36-28(22-10-8-18(2)9-11-22)30(42)35-26-13-12-23(16-24(26)33)20(4)27(34-21(5)41)32(44)40-15-14-39(6)19(3)17-40/h12-13,16,18-20,22,27-28H,7-11,14-15,17H2,1-6H3,(H,34,41)(H,35,42)(H,36,43)/t18-,19-,20+,22-,27-,28+/m1/s1. The number of amides is 4. The highest BCUT2D eigenvalue weighted by Gasteiger charge is 2.36. The second kappa shape index (κ2) is 14.9. The lowest BCUT2D eigenvalue weighted by atomic mass is 9.79. The first kappa shape index (κ1) is 34.0. The summed E-state index contributed by atoms with van der Waals surface area (Å²) in [4.78, 5) is 56.3. The van der Waals surface area contributed by atoms with Gasteiger partial charge in [0.1, 0.15) is 23.6 Å². The highest BCUT2D eigenvalue weighted by atomic mass is 19.1. The summed E-state index contributed by atoms with van der Waals surface area (Å²) in [6.07, 6.45) is 3.74. The predicted octanol–water partition coefficient (Wildman–Crippen LogP) is 3.11. The summed E-state index contributed by atoms with van der Waals surface area (Å²) < 4.78 is 20.3. The number of hydrogen-bond acceptors (Lipinski definition) is 8. The molecular formula is C32H46FN7O5. The first-order valence-electron chi connectivity index (χ1n) is 15.9. The van der Waals surface area contributed by atoms with Crippen LogP contribution in [0.3, 0.4) is 0 Å². The topological polar surface area (TPSA) is 150 Å². The van der Waals surface area contributed by atoms with E-state index in [0.29, 0.717) is 43.2 Å². The van der Waals surface area contributed by atoms with Crippen molar-refractivity contribution in [1.29, 1.82) is 0 Å². The second-order valence-electron chi connectivity index (χ2n) is 12.7. The van der Waals surface area contributed by atoms with Crippen LogP contribution in [-0.2, 0) is 20.8 Å². The molecule has 0 spiro atoms. The normalized spacial score (nSPS) is 22.6. The average molecular weight is 628 g/mol. The van der Waals surface area contributed by atoms with Gasteiger partial charge < -0.3 is 25.8 Å². The molecule has 2 heterocycles. The molecule has 1 saturated carbocycles. The van der Waals surface area contributed by atoms with E-state index in [1.54, 1.807) is 17.9 Å². The van der Waals surface area contributed by atoms with Crippen molar-refractivity contribution in [3.8, 4) is 0 Å². The van der Waals surface area contributed by atoms with Gasteiger partial charge in [0.05, 0.1) is 5.69 Å². The number of carbonyl (C=O) groups excluding carboxylic acids is 4. The van der Waals surface area contributed by atoms with E-state index in [0.717, 1.165) is 25.7 Å². The number of likely N-dealkylation sites (N-methyl/N-ethyl adjacent to an activating group) is 1. The Morgan fingerprint density at radius 3 is 2.40 bits per heavy atom. The minimum absolute atomic E-state index is 0.0262. The monoisotopic (exact) mass is 627 g/mol. The van der Waals surface area contributed by atoms with Crippen molar-refractivity contribution in [2.75, 3.05) is 32.0 Å². The van der Waals surface area contributed by atoms with Crippen molar-refractivity contribution in [3.05, 3.63) is 41.0 Å². The van der Waals surface area contributed by atoms with E-state index in [1.807, 2.05) is 20.9 Å². The van der Waals surface area contributed by atoms with Crippen LogP contribution in [0, 0.1) is 17.7 Å². The number of piperazine rings is 1. The zero-order valence-corrected chi connectivity index (χ0v) is 27.1. The minimum Gasteiger partial charge on any atom is -0.344 e. The summed E-state index contributed by atoms with van der Waals surface area (Å²) in [5.74, 6) is -2.53. The Bertz CT molecular complexity index is 1380. The van der Waals surface area contributed by atoms with E-state index in [-0.39, 0.29) is 35.2 Å². The average Bonchev–Trinajstić information content (AvgIpc) is 3.50. The fourth-order valence-corrected chi connectivity index (χ4v) is 6.22. The molecule has 1 aromatic heterocycles. The zero-order chi connectivity index (χ0) is 32.8. The summed E-state index contributed by atoms with van der Waals surface area (Å²) >= 11 is 0. The highest BCUT2D eigenvalue weighted by molar-refractivity contribution is 6.01. The summed E-state index contributed by atoms with van der Waals surface area (Å²) in [5, 5.41) is 15.7. The number of hydrogen-bond donors (Lipinski definition) is 3. The third kappa shape index (κ3) is 8.24. The largest absolute Gasteiger partial charge is 0.344 e. The van der Waals surface area contributed by atoms with Crippen LogP contribution >= 0.6 is 0 Å². The Labute approximate surface area is 263 Å². The number of benzene rings is 1. The Balaban J connectivity index is 1.51. The zero-order valence-electron chi connectivity index (χ0n) is 27.1. The summed E-state index contributed by atoms with van der Waals surface area (Å²) in [6, 6.07) is 2.73. The molecule has 2 aliphatic rings. The molecule has 4 atom stereocenters. The SMILES string of the molecule is CCc1nonc1C(=O)N[C@H](C(=O)Nc1ccc([C@H](C)[C@@H](NC(C)=O)C(=O)N2CCN(C)[C@H](C)C2)cc1F)[C@H]1CC[C@H](C)CC1. The molecule has 0 radical (unpaired) electrons. The van der Waals surface area contributed by atoms with Crippen molar-refractivity contribution in [3.63, 3.8) is 0 Å². The Morgan fingerprint density at radius 2 is 1.78 bits per heavy atom. The number of nitrogens with zero attached hydrogens (tertiary/aromatic N) is 4. The fourth-order valence-electron chi connectivity index (χ4n) is 6.22. The molecule has 1 aliphatic heterocycles. The Kier molecular flexibility index (Phi) is 11.3. The van der Waals surface area contributed by atoms with Crippen LogP contribution in [0.15, 0.2) is 22.8 Å². The van der Waals surface area contributed by atoms with Crippen molar-refractivity contribution < 1.29 is 28.2 Å². The van der Waals surface area contributed by atoms with Gasteiger partial charge in [0.2, 0.25) is 17.7 Å². The van der Waals surface area contributed by atoms with E-state index in [1.165, 1.54) is 19.1 Å². The molecule has 0 bridgehead atoms. The van der Waals surface area contributed by atoms with Crippen LogP contribution in [0.25, 0.3) is 0 Å². The second-order valence-corrected chi connectivity index (χ2v) is 12.7. The molecule has 0 unspecified atom stereocenters. The van der Waals surface area contributed by atoms with Crippen LogP contribution in [-0.4, -0.2) is 88.5 Å². The number of halogens is 1.